The molecule has 0 bridgehead atoms. The molecule has 0 spiro atoms. The van der Waals surface area contributed by atoms with E-state index in [4.69, 9.17) is 0 Å². The molecule has 2 fully saturated rings. The van der Waals surface area contributed by atoms with E-state index in [1.165, 1.54) is 43.1 Å². The number of amides is 2. The third-order valence-electron chi connectivity index (χ3n) is 6.45. The minimum absolute atomic E-state index is 0.0139. The molecule has 146 valence electrons. The summed E-state index contributed by atoms with van der Waals surface area (Å²) in [4.78, 5) is 19.6. The van der Waals surface area contributed by atoms with Gasteiger partial charge in [-0.05, 0) is 73.7 Å². The molecule has 2 amide bonds. The summed E-state index contributed by atoms with van der Waals surface area (Å²) in [6.07, 6.45) is 4.39. The number of carbonyl (C=O) groups excluding carboxylic acids is 1. The first kappa shape index (κ1) is 17.7. The van der Waals surface area contributed by atoms with Gasteiger partial charge in [0.2, 0.25) is 0 Å². The molecule has 0 N–H and O–H groups in total. The van der Waals surface area contributed by atoms with E-state index < -0.39 is 0 Å². The van der Waals surface area contributed by atoms with Gasteiger partial charge in [-0.15, -0.1) is 0 Å². The molecule has 3 aliphatic heterocycles. The quantitative estimate of drug-likeness (QED) is 0.793. The van der Waals surface area contributed by atoms with Crippen LogP contribution in [0.3, 0.4) is 0 Å². The van der Waals surface area contributed by atoms with Crippen molar-refractivity contribution in [1.82, 2.24) is 9.80 Å². The molecule has 0 saturated carbocycles. The van der Waals surface area contributed by atoms with Crippen molar-refractivity contribution in [2.75, 3.05) is 31.1 Å². The molecule has 28 heavy (non-hydrogen) atoms. The molecule has 1 unspecified atom stereocenters. The van der Waals surface area contributed by atoms with Gasteiger partial charge in [-0.1, -0.05) is 24.3 Å². The lowest BCUT2D eigenvalue weighted by Gasteiger charge is -2.43. The van der Waals surface area contributed by atoms with Crippen LogP contribution in [0.5, 0.6) is 0 Å². The molecule has 2 saturated heterocycles. The van der Waals surface area contributed by atoms with Crippen molar-refractivity contribution in [1.29, 1.82) is 0 Å². The number of rotatable bonds is 3. The molecular formula is C23H26FN3O. The van der Waals surface area contributed by atoms with Crippen molar-refractivity contribution in [3.8, 4) is 0 Å². The van der Waals surface area contributed by atoms with Gasteiger partial charge in [0.05, 0.1) is 6.04 Å². The minimum Gasteiger partial charge on any atom is -0.317 e. The van der Waals surface area contributed by atoms with Gasteiger partial charge in [0.1, 0.15) is 5.82 Å². The number of hydrogen-bond acceptors (Lipinski definition) is 2. The molecule has 5 heteroatoms. The van der Waals surface area contributed by atoms with Crippen molar-refractivity contribution < 1.29 is 9.18 Å². The topological polar surface area (TPSA) is 26.8 Å². The molecule has 3 aliphatic rings. The molecule has 0 aliphatic carbocycles. The van der Waals surface area contributed by atoms with Crippen LogP contribution in [0.2, 0.25) is 0 Å². The largest absolute Gasteiger partial charge is 0.325 e. The number of nitrogens with zero attached hydrogens (tertiary/aromatic N) is 3. The number of anilines is 1. The molecule has 2 aromatic carbocycles. The first-order valence-electron chi connectivity index (χ1n) is 10.4. The van der Waals surface area contributed by atoms with E-state index in [9.17, 15) is 9.18 Å². The van der Waals surface area contributed by atoms with Crippen LogP contribution in [0, 0.1) is 5.82 Å². The van der Waals surface area contributed by atoms with E-state index in [0.717, 1.165) is 43.7 Å². The second-order valence-corrected chi connectivity index (χ2v) is 8.14. The number of carbonyl (C=O) groups is 1. The van der Waals surface area contributed by atoms with Crippen molar-refractivity contribution in [3.63, 3.8) is 0 Å². The summed E-state index contributed by atoms with van der Waals surface area (Å²) < 4.78 is 13.6. The summed E-state index contributed by atoms with van der Waals surface area (Å²) in [6, 6.07) is 13.0. The number of likely N-dealkylation sites (tertiary alicyclic amines) is 2. The Balaban J connectivity index is 1.35. The predicted octanol–water partition coefficient (Wildman–Crippen LogP) is 4.35. The average Bonchev–Trinajstić information content (AvgIpc) is 3.31. The summed E-state index contributed by atoms with van der Waals surface area (Å²) in [5.74, 6) is -0.241. The van der Waals surface area contributed by atoms with Crippen molar-refractivity contribution in [2.24, 2.45) is 0 Å². The maximum Gasteiger partial charge on any atom is 0.325 e. The van der Waals surface area contributed by atoms with Gasteiger partial charge in [-0.3, -0.25) is 9.80 Å². The van der Waals surface area contributed by atoms with Gasteiger partial charge < -0.3 is 4.90 Å². The Bertz CT molecular complexity index is 893. The average molecular weight is 379 g/mol. The summed E-state index contributed by atoms with van der Waals surface area (Å²) in [6.45, 7) is 4.81. The van der Waals surface area contributed by atoms with Crippen LogP contribution in [0.1, 0.15) is 42.0 Å². The van der Waals surface area contributed by atoms with E-state index in [-0.39, 0.29) is 17.9 Å². The van der Waals surface area contributed by atoms with E-state index in [0.29, 0.717) is 0 Å². The summed E-state index contributed by atoms with van der Waals surface area (Å²) in [5.41, 5.74) is 4.64. The Hall–Kier alpha value is -2.40. The Kier molecular flexibility index (Phi) is 4.55. The van der Waals surface area contributed by atoms with Crippen molar-refractivity contribution in [3.05, 3.63) is 65.0 Å². The van der Waals surface area contributed by atoms with Crippen LogP contribution < -0.4 is 4.90 Å². The highest BCUT2D eigenvalue weighted by atomic mass is 19.1. The van der Waals surface area contributed by atoms with Gasteiger partial charge in [0.15, 0.2) is 0 Å². The maximum atomic E-state index is 13.6. The zero-order valence-electron chi connectivity index (χ0n) is 16.1. The smallest absolute Gasteiger partial charge is 0.317 e. The lowest BCUT2D eigenvalue weighted by molar-refractivity contribution is 0.121. The van der Waals surface area contributed by atoms with E-state index in [1.807, 2.05) is 15.9 Å². The second-order valence-electron chi connectivity index (χ2n) is 8.14. The zero-order valence-corrected chi connectivity index (χ0v) is 16.1. The fraction of sp³-hybridized carbons (Fsp3) is 0.435. The normalized spacial score (nSPS) is 21.7. The molecule has 3 heterocycles. The maximum absolute atomic E-state index is 13.6. The van der Waals surface area contributed by atoms with Crippen LogP contribution in [0.15, 0.2) is 42.5 Å². The standard InChI is InChI=1S/C23H26FN3O/c24-19-7-3-5-17(15-19)21-10-14-26(21)23(28)27-13-9-20-18(6-4-8-22(20)27)16-25-11-1-2-12-25/h3-8,15,21H,1-2,9-14,16H2. The Morgan fingerprint density at radius 1 is 1.04 bits per heavy atom. The van der Waals surface area contributed by atoms with Crippen LogP contribution in [-0.4, -0.2) is 42.0 Å². The first-order valence-corrected chi connectivity index (χ1v) is 10.4. The van der Waals surface area contributed by atoms with Gasteiger partial charge in [-0.2, -0.15) is 0 Å². The van der Waals surface area contributed by atoms with E-state index in [1.54, 1.807) is 12.1 Å². The lowest BCUT2D eigenvalue weighted by Crippen LogP contribution is -2.51. The minimum atomic E-state index is -0.241. The third kappa shape index (κ3) is 3.08. The monoisotopic (exact) mass is 379 g/mol. The molecule has 0 radical (unpaired) electrons. The van der Waals surface area contributed by atoms with Crippen LogP contribution in [0.25, 0.3) is 0 Å². The number of halogens is 1. The van der Waals surface area contributed by atoms with Crippen LogP contribution in [-0.2, 0) is 13.0 Å². The third-order valence-corrected chi connectivity index (χ3v) is 6.45. The van der Waals surface area contributed by atoms with Crippen LogP contribution >= 0.6 is 0 Å². The fourth-order valence-electron chi connectivity index (χ4n) is 4.87. The predicted molar refractivity (Wildman–Crippen MR) is 108 cm³/mol. The highest BCUT2D eigenvalue weighted by Crippen LogP contribution is 2.38. The van der Waals surface area contributed by atoms with Gasteiger partial charge >= 0.3 is 6.03 Å². The molecular weight excluding hydrogens is 353 g/mol. The summed E-state index contributed by atoms with van der Waals surface area (Å²) >= 11 is 0. The lowest BCUT2D eigenvalue weighted by atomic mass is 9.95. The Morgan fingerprint density at radius 2 is 1.86 bits per heavy atom. The number of urea groups is 1. The molecule has 2 aromatic rings. The van der Waals surface area contributed by atoms with E-state index >= 15 is 0 Å². The number of benzene rings is 2. The molecule has 5 rings (SSSR count). The van der Waals surface area contributed by atoms with Crippen LogP contribution in [0.4, 0.5) is 14.9 Å². The molecule has 1 atom stereocenters. The van der Waals surface area contributed by atoms with Crippen molar-refractivity contribution in [2.45, 2.75) is 38.3 Å². The second kappa shape index (κ2) is 7.21. The molecule has 4 nitrogen and oxygen atoms in total. The zero-order chi connectivity index (χ0) is 19.1. The summed E-state index contributed by atoms with van der Waals surface area (Å²) in [7, 11) is 0. The first-order chi connectivity index (χ1) is 13.7. The Morgan fingerprint density at radius 3 is 2.61 bits per heavy atom. The van der Waals surface area contributed by atoms with Gasteiger partial charge in [-0.25, -0.2) is 9.18 Å². The number of hydrogen-bond donors (Lipinski definition) is 0. The van der Waals surface area contributed by atoms with Gasteiger partial charge in [0.25, 0.3) is 0 Å². The van der Waals surface area contributed by atoms with Gasteiger partial charge in [0, 0.05) is 25.3 Å². The fourth-order valence-corrected chi connectivity index (χ4v) is 4.87. The number of fused-ring (bicyclic) bond motifs is 1. The molecule has 0 aromatic heterocycles. The van der Waals surface area contributed by atoms with Crippen molar-refractivity contribution >= 4 is 11.7 Å². The SMILES string of the molecule is O=C(N1CCc2c(CN3CCCC3)cccc21)N1CCC1c1cccc(F)c1. The van der Waals surface area contributed by atoms with E-state index in [2.05, 4.69) is 23.1 Å². The highest BCUT2D eigenvalue weighted by Gasteiger charge is 2.38. The highest BCUT2D eigenvalue weighted by molar-refractivity contribution is 5.95. The Labute approximate surface area is 165 Å². The summed E-state index contributed by atoms with van der Waals surface area (Å²) in [5, 5.41) is 0.